The van der Waals surface area contributed by atoms with Crippen LogP contribution in [0.2, 0.25) is 0 Å². The minimum atomic E-state index is -1.14. The Bertz CT molecular complexity index is 1020. The van der Waals surface area contributed by atoms with Gasteiger partial charge < -0.3 is 25.0 Å². The number of hydrogen-bond acceptors (Lipinski definition) is 6. The Balaban J connectivity index is 1.49. The maximum Gasteiger partial charge on any atom is 0.262 e. The largest absolute Gasteiger partial charge is 0.378 e. The van der Waals surface area contributed by atoms with E-state index in [9.17, 15) is 14.4 Å². The Kier molecular flexibility index (Phi) is 6.42. The van der Waals surface area contributed by atoms with Crippen LogP contribution in [0.4, 0.5) is 11.4 Å². The second kappa shape index (κ2) is 9.07. The summed E-state index contributed by atoms with van der Waals surface area (Å²) in [5.74, 6) is -0.728. The van der Waals surface area contributed by atoms with Gasteiger partial charge in [-0.25, -0.2) is 0 Å². The zero-order valence-corrected chi connectivity index (χ0v) is 19.3. The lowest BCUT2D eigenvalue weighted by atomic mass is 9.96. The smallest absolute Gasteiger partial charge is 0.262 e. The maximum atomic E-state index is 13.2. The van der Waals surface area contributed by atoms with Gasteiger partial charge in [0.1, 0.15) is 12.1 Å². The molecule has 1 aromatic carbocycles. The molecular weight excluding hydrogens is 486 g/mol. The fourth-order valence-corrected chi connectivity index (χ4v) is 4.96. The van der Waals surface area contributed by atoms with Crippen LogP contribution in [0.3, 0.4) is 0 Å². The van der Waals surface area contributed by atoms with Crippen molar-refractivity contribution in [1.29, 1.82) is 0 Å². The molecule has 31 heavy (non-hydrogen) atoms. The van der Waals surface area contributed by atoms with Gasteiger partial charge in [-0.15, -0.1) is 11.3 Å². The Morgan fingerprint density at radius 2 is 2.03 bits per heavy atom. The molecule has 0 aliphatic carbocycles. The van der Waals surface area contributed by atoms with Crippen LogP contribution < -0.4 is 15.5 Å². The van der Waals surface area contributed by atoms with Crippen molar-refractivity contribution < 1.29 is 23.9 Å². The highest BCUT2D eigenvalue weighted by atomic mass is 79.9. The van der Waals surface area contributed by atoms with E-state index in [0.29, 0.717) is 36.7 Å². The lowest BCUT2D eigenvalue weighted by Gasteiger charge is -2.29. The number of anilines is 2. The van der Waals surface area contributed by atoms with Crippen molar-refractivity contribution in [2.24, 2.45) is 0 Å². The van der Waals surface area contributed by atoms with Crippen LogP contribution in [0.25, 0.3) is 0 Å². The molecule has 2 aromatic rings. The van der Waals surface area contributed by atoms with E-state index < -0.39 is 5.54 Å². The molecule has 0 radical (unpaired) electrons. The number of carbonyl (C=O) groups is 3. The second-order valence-corrected chi connectivity index (χ2v) is 9.96. The molecule has 2 saturated heterocycles. The average Bonchev–Trinajstić information content (AvgIpc) is 3.39. The van der Waals surface area contributed by atoms with Crippen molar-refractivity contribution in [2.45, 2.75) is 18.9 Å². The number of amides is 3. The fraction of sp³-hybridized carbons (Fsp3) is 0.381. The topological polar surface area (TPSA) is 97.0 Å². The van der Waals surface area contributed by atoms with E-state index in [4.69, 9.17) is 9.47 Å². The summed E-state index contributed by atoms with van der Waals surface area (Å²) in [5.41, 5.74) is 1.10. The predicted molar refractivity (Wildman–Crippen MR) is 121 cm³/mol. The highest BCUT2D eigenvalue weighted by molar-refractivity contribution is 9.11. The maximum absolute atomic E-state index is 13.2. The van der Waals surface area contributed by atoms with Crippen molar-refractivity contribution >= 4 is 56.4 Å². The van der Waals surface area contributed by atoms with Crippen LogP contribution in [0.5, 0.6) is 0 Å². The first-order valence-electron chi connectivity index (χ1n) is 9.84. The Morgan fingerprint density at radius 1 is 1.19 bits per heavy atom. The van der Waals surface area contributed by atoms with E-state index in [0.717, 1.165) is 15.0 Å². The molecule has 4 rings (SSSR count). The van der Waals surface area contributed by atoms with Gasteiger partial charge in [0.25, 0.3) is 17.7 Å². The molecule has 0 saturated carbocycles. The Labute approximate surface area is 192 Å². The molecule has 1 atom stereocenters. The van der Waals surface area contributed by atoms with Crippen molar-refractivity contribution in [1.82, 2.24) is 5.32 Å². The number of carbonyl (C=O) groups excluding carboxylic acids is 3. The fourth-order valence-electron chi connectivity index (χ4n) is 3.67. The summed E-state index contributed by atoms with van der Waals surface area (Å²) in [7, 11) is 0. The molecule has 2 fully saturated rings. The second-order valence-electron chi connectivity index (χ2n) is 7.50. The van der Waals surface area contributed by atoms with Crippen LogP contribution in [-0.2, 0) is 19.1 Å². The standard InChI is InChI=1S/C21H22BrN3O5S/c1-13-10-14(2-3-15(13)25-7-9-29-11-18(25)26)23-20(28)21(6-8-30-12-21)24-19(27)16-4-5-17(22)31-16/h2-5,10H,6-9,11-12H2,1H3,(H,23,28)(H,24,27)/t21-/m0/s1. The van der Waals surface area contributed by atoms with E-state index in [2.05, 4.69) is 26.6 Å². The van der Waals surface area contributed by atoms with Gasteiger partial charge in [-0.1, -0.05) is 0 Å². The van der Waals surface area contributed by atoms with Crippen LogP contribution >= 0.6 is 27.3 Å². The molecule has 8 nitrogen and oxygen atoms in total. The third-order valence-electron chi connectivity index (χ3n) is 5.34. The summed E-state index contributed by atoms with van der Waals surface area (Å²) < 4.78 is 11.5. The molecule has 3 amide bonds. The highest BCUT2D eigenvalue weighted by Crippen LogP contribution is 2.28. The summed E-state index contributed by atoms with van der Waals surface area (Å²) in [6.07, 6.45) is 0.385. The van der Waals surface area contributed by atoms with Crippen LogP contribution in [0.15, 0.2) is 34.1 Å². The quantitative estimate of drug-likeness (QED) is 0.648. The number of nitrogens with zero attached hydrogens (tertiary/aromatic N) is 1. The van der Waals surface area contributed by atoms with Gasteiger partial charge in [0.2, 0.25) is 0 Å². The number of halogens is 1. The number of morpholine rings is 1. The van der Waals surface area contributed by atoms with Crippen molar-refractivity contribution in [3.63, 3.8) is 0 Å². The lowest BCUT2D eigenvalue weighted by molar-refractivity contribution is -0.125. The predicted octanol–water partition coefficient (Wildman–Crippen LogP) is 2.71. The van der Waals surface area contributed by atoms with Crippen molar-refractivity contribution in [3.05, 3.63) is 44.6 Å². The van der Waals surface area contributed by atoms with E-state index >= 15 is 0 Å². The molecule has 2 aliphatic heterocycles. The molecule has 0 bridgehead atoms. The number of nitrogens with one attached hydrogen (secondary N) is 2. The van der Waals surface area contributed by atoms with Crippen molar-refractivity contribution in [2.75, 3.05) is 43.2 Å². The summed E-state index contributed by atoms with van der Waals surface area (Å²) in [6, 6.07) is 8.89. The van der Waals surface area contributed by atoms with E-state index in [-0.39, 0.29) is 30.9 Å². The van der Waals surface area contributed by atoms with Gasteiger partial charge in [0, 0.05) is 30.9 Å². The minimum absolute atomic E-state index is 0.0704. The molecule has 0 spiro atoms. The van der Waals surface area contributed by atoms with E-state index in [1.54, 1.807) is 23.1 Å². The first kappa shape index (κ1) is 21.9. The normalized spacial score (nSPS) is 21.2. The molecule has 10 heteroatoms. The highest BCUT2D eigenvalue weighted by Gasteiger charge is 2.44. The first-order valence-corrected chi connectivity index (χ1v) is 11.4. The third kappa shape index (κ3) is 4.67. The molecule has 0 unspecified atom stereocenters. The zero-order valence-electron chi connectivity index (χ0n) is 16.9. The van der Waals surface area contributed by atoms with Crippen LogP contribution in [0.1, 0.15) is 21.7 Å². The molecule has 164 valence electrons. The van der Waals surface area contributed by atoms with E-state index in [1.165, 1.54) is 11.3 Å². The number of hydrogen-bond donors (Lipinski definition) is 2. The number of rotatable bonds is 5. The summed E-state index contributed by atoms with van der Waals surface area (Å²) in [6.45, 7) is 3.44. The third-order valence-corrected chi connectivity index (χ3v) is 6.96. The Hall–Kier alpha value is -2.27. The molecule has 1 aromatic heterocycles. The zero-order chi connectivity index (χ0) is 22.0. The number of aryl methyl sites for hydroxylation is 1. The van der Waals surface area contributed by atoms with Gasteiger partial charge in [-0.2, -0.15) is 0 Å². The van der Waals surface area contributed by atoms with Crippen LogP contribution in [0, 0.1) is 6.92 Å². The average molecular weight is 508 g/mol. The number of thiophene rings is 1. The summed E-state index contributed by atoms with van der Waals surface area (Å²) in [4.78, 5) is 40.2. The number of ether oxygens (including phenoxy) is 2. The SMILES string of the molecule is Cc1cc(NC(=O)[C@]2(NC(=O)c3ccc(Br)s3)CCOC2)ccc1N1CCOCC1=O. The summed E-state index contributed by atoms with van der Waals surface area (Å²) in [5, 5.41) is 5.77. The molecule has 3 heterocycles. The van der Waals surface area contributed by atoms with Crippen molar-refractivity contribution in [3.8, 4) is 0 Å². The van der Waals surface area contributed by atoms with Gasteiger partial charge >= 0.3 is 0 Å². The van der Waals surface area contributed by atoms with Gasteiger partial charge in [-0.05, 0) is 58.7 Å². The Morgan fingerprint density at radius 3 is 2.68 bits per heavy atom. The van der Waals surface area contributed by atoms with E-state index in [1.807, 2.05) is 19.1 Å². The van der Waals surface area contributed by atoms with Gasteiger partial charge in [0.05, 0.1) is 21.9 Å². The molecule has 2 N–H and O–H groups in total. The lowest BCUT2D eigenvalue weighted by Crippen LogP contribution is -2.57. The first-order chi connectivity index (χ1) is 14.9. The molecule has 2 aliphatic rings. The monoisotopic (exact) mass is 507 g/mol. The van der Waals surface area contributed by atoms with Crippen LogP contribution in [-0.4, -0.2) is 56.2 Å². The van der Waals surface area contributed by atoms with Gasteiger partial charge in [0.15, 0.2) is 0 Å². The molecular formula is C21H22BrN3O5S. The number of benzene rings is 1. The minimum Gasteiger partial charge on any atom is -0.378 e. The summed E-state index contributed by atoms with van der Waals surface area (Å²) >= 11 is 4.65. The van der Waals surface area contributed by atoms with Gasteiger partial charge in [-0.3, -0.25) is 14.4 Å².